The van der Waals surface area contributed by atoms with Crippen LogP contribution in [0.1, 0.15) is 37.8 Å². The van der Waals surface area contributed by atoms with Crippen LogP contribution in [-0.2, 0) is 9.59 Å². The first kappa shape index (κ1) is 28.4. The van der Waals surface area contributed by atoms with Gasteiger partial charge in [0.25, 0.3) is 11.8 Å². The van der Waals surface area contributed by atoms with Crippen LogP contribution < -0.4 is 20.1 Å². The Balaban J connectivity index is 1.41. The number of ether oxygens (including phenoxy) is 2. The maximum absolute atomic E-state index is 12.9. The molecule has 0 fully saturated rings. The third-order valence-electron chi connectivity index (χ3n) is 6.67. The predicted molar refractivity (Wildman–Crippen MR) is 161 cm³/mol. The minimum absolute atomic E-state index is 0.181. The van der Waals surface area contributed by atoms with E-state index < -0.39 is 12.2 Å². The van der Waals surface area contributed by atoms with Gasteiger partial charge in [-0.15, -0.1) is 0 Å². The zero-order chi connectivity index (χ0) is 28.5. The van der Waals surface area contributed by atoms with E-state index in [1.807, 2.05) is 125 Å². The smallest absolute Gasteiger partial charge is 0.265 e. The monoisotopic (exact) mass is 536 g/mol. The molecule has 0 saturated heterocycles. The SMILES string of the molecule is CC[C@H](Oc1ccccc1)C(=O)Nc1ccc(-c2ccc(NC(=O)[C@@H](CC)Oc3ccccc3)c(C)c2)cc1C. The second kappa shape index (κ2) is 13.5. The zero-order valence-electron chi connectivity index (χ0n) is 23.4. The number of benzene rings is 4. The molecule has 206 valence electrons. The Labute approximate surface area is 236 Å². The number of hydrogen-bond acceptors (Lipinski definition) is 4. The van der Waals surface area contributed by atoms with Crippen LogP contribution in [0.2, 0.25) is 0 Å². The van der Waals surface area contributed by atoms with Gasteiger partial charge in [-0.2, -0.15) is 0 Å². The number of anilines is 2. The first-order chi connectivity index (χ1) is 19.4. The molecule has 0 bridgehead atoms. The highest BCUT2D eigenvalue weighted by Gasteiger charge is 2.21. The molecule has 0 aliphatic carbocycles. The number of rotatable bonds is 11. The molecule has 6 heteroatoms. The highest BCUT2D eigenvalue weighted by Crippen LogP contribution is 2.29. The third kappa shape index (κ3) is 7.29. The van der Waals surface area contributed by atoms with Gasteiger partial charge in [-0.25, -0.2) is 0 Å². The van der Waals surface area contributed by atoms with Crippen LogP contribution in [0.25, 0.3) is 11.1 Å². The molecular formula is C34H36N2O4. The number of amides is 2. The fourth-order valence-corrected chi connectivity index (χ4v) is 4.36. The van der Waals surface area contributed by atoms with Crippen molar-refractivity contribution < 1.29 is 19.1 Å². The zero-order valence-corrected chi connectivity index (χ0v) is 23.4. The average Bonchev–Trinajstić information content (AvgIpc) is 2.97. The van der Waals surface area contributed by atoms with E-state index in [2.05, 4.69) is 10.6 Å². The molecule has 0 saturated carbocycles. The summed E-state index contributed by atoms with van der Waals surface area (Å²) in [4.78, 5) is 25.8. The fourth-order valence-electron chi connectivity index (χ4n) is 4.36. The van der Waals surface area contributed by atoms with E-state index in [9.17, 15) is 9.59 Å². The summed E-state index contributed by atoms with van der Waals surface area (Å²) in [6.45, 7) is 7.79. The molecule has 0 unspecified atom stereocenters. The summed E-state index contributed by atoms with van der Waals surface area (Å²) in [7, 11) is 0. The molecule has 2 atom stereocenters. The predicted octanol–water partition coefficient (Wildman–Crippen LogP) is 7.56. The van der Waals surface area contributed by atoms with Crippen LogP contribution in [0.4, 0.5) is 11.4 Å². The highest BCUT2D eigenvalue weighted by molar-refractivity contribution is 5.96. The van der Waals surface area contributed by atoms with Crippen molar-refractivity contribution in [3.8, 4) is 22.6 Å². The first-order valence-corrected chi connectivity index (χ1v) is 13.6. The summed E-state index contributed by atoms with van der Waals surface area (Å²) in [5.41, 5.74) is 5.41. The maximum atomic E-state index is 12.9. The highest BCUT2D eigenvalue weighted by atomic mass is 16.5. The summed E-state index contributed by atoms with van der Waals surface area (Å²) < 4.78 is 11.8. The number of para-hydroxylation sites is 2. The van der Waals surface area contributed by atoms with Crippen LogP contribution in [0, 0.1) is 13.8 Å². The number of aryl methyl sites for hydroxylation is 2. The number of nitrogens with one attached hydrogen (secondary N) is 2. The Bertz CT molecular complexity index is 1330. The van der Waals surface area contributed by atoms with Crippen molar-refractivity contribution >= 4 is 23.2 Å². The van der Waals surface area contributed by atoms with Gasteiger partial charge in [0.15, 0.2) is 12.2 Å². The number of hydrogen-bond donors (Lipinski definition) is 2. The molecule has 0 spiro atoms. The van der Waals surface area contributed by atoms with Crippen molar-refractivity contribution in [2.75, 3.05) is 10.6 Å². The molecule has 0 heterocycles. The summed E-state index contributed by atoms with van der Waals surface area (Å²) in [6.07, 6.45) is -0.0657. The second-order valence-electron chi connectivity index (χ2n) is 9.69. The molecule has 0 radical (unpaired) electrons. The van der Waals surface area contributed by atoms with Gasteiger partial charge in [0.05, 0.1) is 0 Å². The average molecular weight is 537 g/mol. The lowest BCUT2D eigenvalue weighted by atomic mass is 9.99. The molecule has 2 N–H and O–H groups in total. The summed E-state index contributed by atoms with van der Waals surface area (Å²) in [5.74, 6) is 0.973. The number of carbonyl (C=O) groups excluding carboxylic acids is 2. The summed E-state index contributed by atoms with van der Waals surface area (Å²) in [5, 5.41) is 6.02. The van der Waals surface area contributed by atoms with Gasteiger partial charge in [-0.05, 0) is 97.5 Å². The Morgan fingerprint density at radius 2 is 0.975 bits per heavy atom. The normalized spacial score (nSPS) is 12.2. The van der Waals surface area contributed by atoms with E-state index in [0.29, 0.717) is 24.3 Å². The van der Waals surface area contributed by atoms with Crippen LogP contribution in [0.3, 0.4) is 0 Å². The van der Waals surface area contributed by atoms with Gasteiger partial charge < -0.3 is 20.1 Å². The molecule has 0 aliphatic rings. The first-order valence-electron chi connectivity index (χ1n) is 13.6. The lowest BCUT2D eigenvalue weighted by molar-refractivity contribution is -0.123. The van der Waals surface area contributed by atoms with Crippen molar-refractivity contribution in [2.24, 2.45) is 0 Å². The molecule has 0 aromatic heterocycles. The lowest BCUT2D eigenvalue weighted by Gasteiger charge is -2.19. The Kier molecular flexibility index (Phi) is 9.57. The largest absolute Gasteiger partial charge is 0.481 e. The minimum Gasteiger partial charge on any atom is -0.481 e. The Morgan fingerprint density at radius 3 is 1.30 bits per heavy atom. The van der Waals surface area contributed by atoms with Gasteiger partial charge in [0.1, 0.15) is 11.5 Å². The minimum atomic E-state index is -0.586. The molecule has 0 aliphatic heterocycles. The van der Waals surface area contributed by atoms with Crippen molar-refractivity contribution in [1.29, 1.82) is 0 Å². The lowest BCUT2D eigenvalue weighted by Crippen LogP contribution is -2.32. The van der Waals surface area contributed by atoms with Crippen molar-refractivity contribution in [3.05, 3.63) is 108 Å². The van der Waals surface area contributed by atoms with Crippen molar-refractivity contribution in [1.82, 2.24) is 0 Å². The molecule has 40 heavy (non-hydrogen) atoms. The van der Waals surface area contributed by atoms with E-state index in [0.717, 1.165) is 33.6 Å². The quantitative estimate of drug-likeness (QED) is 0.207. The van der Waals surface area contributed by atoms with Crippen LogP contribution in [-0.4, -0.2) is 24.0 Å². The summed E-state index contributed by atoms with van der Waals surface area (Å²) in [6, 6.07) is 30.6. The van der Waals surface area contributed by atoms with E-state index in [1.54, 1.807) is 0 Å². The molecule has 4 aromatic rings. The van der Waals surface area contributed by atoms with E-state index >= 15 is 0 Å². The topological polar surface area (TPSA) is 76.7 Å². The van der Waals surface area contributed by atoms with Gasteiger partial charge in [0.2, 0.25) is 0 Å². The molecule has 2 amide bonds. The van der Waals surface area contributed by atoms with Crippen LogP contribution >= 0.6 is 0 Å². The third-order valence-corrected chi connectivity index (χ3v) is 6.67. The molecular weight excluding hydrogens is 500 g/mol. The standard InChI is InChI=1S/C34H36N2O4/c1-5-31(39-27-13-9-7-10-14-27)33(37)35-29-19-17-25(21-23(29)3)26-18-20-30(24(4)22-26)36-34(38)32(6-2)40-28-15-11-8-12-16-28/h7-22,31-32H,5-6H2,1-4H3,(H,35,37)(H,36,38)/t31-,32+. The van der Waals surface area contributed by atoms with E-state index in [4.69, 9.17) is 9.47 Å². The number of carbonyl (C=O) groups is 2. The van der Waals surface area contributed by atoms with Gasteiger partial charge in [-0.3, -0.25) is 9.59 Å². The van der Waals surface area contributed by atoms with Gasteiger partial charge >= 0.3 is 0 Å². The summed E-state index contributed by atoms with van der Waals surface area (Å²) >= 11 is 0. The fraction of sp³-hybridized carbons (Fsp3) is 0.235. The van der Waals surface area contributed by atoms with Crippen LogP contribution in [0.5, 0.6) is 11.5 Å². The molecule has 4 rings (SSSR count). The maximum Gasteiger partial charge on any atom is 0.265 e. The molecule has 4 aromatic carbocycles. The molecule has 6 nitrogen and oxygen atoms in total. The second-order valence-corrected chi connectivity index (χ2v) is 9.69. The Morgan fingerprint density at radius 1 is 0.600 bits per heavy atom. The van der Waals surface area contributed by atoms with Gasteiger partial charge in [-0.1, -0.05) is 62.4 Å². The van der Waals surface area contributed by atoms with E-state index in [-0.39, 0.29) is 11.8 Å². The van der Waals surface area contributed by atoms with E-state index in [1.165, 1.54) is 0 Å². The van der Waals surface area contributed by atoms with Crippen LogP contribution in [0.15, 0.2) is 97.1 Å². The van der Waals surface area contributed by atoms with Crippen molar-refractivity contribution in [2.45, 2.75) is 52.7 Å². The van der Waals surface area contributed by atoms with Crippen molar-refractivity contribution in [3.63, 3.8) is 0 Å². The van der Waals surface area contributed by atoms with Gasteiger partial charge in [0, 0.05) is 11.4 Å². The Hall–Kier alpha value is -4.58.